The molecule has 2 heterocycles. The number of furan rings is 1. The van der Waals surface area contributed by atoms with E-state index in [1.807, 2.05) is 42.5 Å². The van der Waals surface area contributed by atoms with Crippen molar-refractivity contribution in [1.82, 2.24) is 4.98 Å². The molecule has 2 aromatic heterocycles. The molecule has 11 aromatic rings. The Balaban J connectivity index is 1.00. The molecule has 0 unspecified atom stereocenters. The van der Waals surface area contributed by atoms with Crippen molar-refractivity contribution in [3.8, 4) is 56.0 Å². The maximum atomic E-state index is 6.63. The van der Waals surface area contributed by atoms with Crippen LogP contribution in [0, 0.1) is 0 Å². The molecule has 4 nitrogen and oxygen atoms in total. The summed E-state index contributed by atoms with van der Waals surface area (Å²) in [6.45, 7) is 0. The molecule has 0 radical (unpaired) electrons. The van der Waals surface area contributed by atoms with Gasteiger partial charge in [-0.05, 0) is 88.0 Å². The van der Waals surface area contributed by atoms with Gasteiger partial charge in [-0.3, -0.25) is 0 Å². The van der Waals surface area contributed by atoms with Gasteiger partial charge in [-0.2, -0.15) is 0 Å². The van der Waals surface area contributed by atoms with Gasteiger partial charge in [0, 0.05) is 33.5 Å². The molecule has 4 heteroatoms. The summed E-state index contributed by atoms with van der Waals surface area (Å²) in [6.07, 6.45) is 0. The highest BCUT2D eigenvalue weighted by Gasteiger charge is 2.21. The third-order valence-corrected chi connectivity index (χ3v) is 11.2. The number of aromatic nitrogens is 1. The molecule has 0 spiro atoms. The molecule has 0 N–H and O–H groups in total. The molecule has 0 saturated carbocycles. The smallest absolute Gasteiger partial charge is 0.227 e. The van der Waals surface area contributed by atoms with Crippen molar-refractivity contribution in [2.75, 3.05) is 4.90 Å². The number of oxazole rings is 1. The molecule has 0 saturated heterocycles. The average Bonchev–Trinajstić information content (AvgIpc) is 3.93. The molecule has 0 fully saturated rings. The Labute approximate surface area is 341 Å². The van der Waals surface area contributed by atoms with E-state index >= 15 is 0 Å². The normalized spacial score (nSPS) is 11.4. The predicted molar refractivity (Wildman–Crippen MR) is 243 cm³/mol. The first-order chi connectivity index (χ1) is 29.2. The Morgan fingerprint density at radius 3 is 1.46 bits per heavy atom. The third kappa shape index (κ3) is 6.24. The number of fused-ring (bicyclic) bond motifs is 5. The standard InChI is InChI=1S/C55H36N2O2/c1-4-13-37(14-5-1)39-23-25-41(26-24-39)46-19-10-11-22-49(46)57(44-31-27-40(28-32-44)38-15-6-2-7-16-38)45-33-29-42(30-34-45)47-20-12-21-48-52-50(58-54(47)48)35-36-51-53(52)56-55(59-51)43-17-8-3-9-18-43/h1-36H. The monoisotopic (exact) mass is 756 g/mol. The van der Waals surface area contributed by atoms with Crippen LogP contribution in [0.25, 0.3) is 89.0 Å². The molecule has 11 rings (SSSR count). The first kappa shape index (κ1) is 34.3. The highest BCUT2D eigenvalue weighted by atomic mass is 16.4. The molecule has 278 valence electrons. The fourth-order valence-corrected chi connectivity index (χ4v) is 8.24. The number of benzene rings is 9. The summed E-state index contributed by atoms with van der Waals surface area (Å²) in [5, 5.41) is 1.97. The summed E-state index contributed by atoms with van der Waals surface area (Å²) < 4.78 is 12.9. The molecule has 0 bridgehead atoms. The van der Waals surface area contributed by atoms with Crippen LogP contribution in [0.3, 0.4) is 0 Å². The van der Waals surface area contributed by atoms with Crippen molar-refractivity contribution in [3.05, 3.63) is 218 Å². The Kier molecular flexibility index (Phi) is 8.45. The van der Waals surface area contributed by atoms with Gasteiger partial charge >= 0.3 is 0 Å². The zero-order chi connectivity index (χ0) is 39.1. The largest absolute Gasteiger partial charge is 0.455 e. The maximum Gasteiger partial charge on any atom is 0.227 e. The van der Waals surface area contributed by atoms with Crippen LogP contribution in [0.4, 0.5) is 17.1 Å². The van der Waals surface area contributed by atoms with Crippen LogP contribution < -0.4 is 4.90 Å². The molecule has 0 amide bonds. The molecular formula is C55H36N2O2. The lowest BCUT2D eigenvalue weighted by Gasteiger charge is -2.28. The SMILES string of the molecule is c1ccc(-c2ccc(-c3ccccc3N(c3ccc(-c4ccccc4)cc3)c3ccc(-c4cccc5c4oc4ccc6oc(-c7ccccc7)nc6c45)cc3)cc2)cc1. The van der Waals surface area contributed by atoms with Crippen LogP contribution in [0.15, 0.2) is 227 Å². The van der Waals surface area contributed by atoms with Gasteiger partial charge in [0.2, 0.25) is 5.89 Å². The molecule has 0 aliphatic carbocycles. The summed E-state index contributed by atoms with van der Waals surface area (Å²) in [5.41, 5.74) is 16.4. The minimum absolute atomic E-state index is 0.597. The summed E-state index contributed by atoms with van der Waals surface area (Å²) in [5.74, 6) is 0.597. The van der Waals surface area contributed by atoms with Crippen molar-refractivity contribution < 1.29 is 8.83 Å². The number of nitrogens with zero attached hydrogens (tertiary/aromatic N) is 2. The van der Waals surface area contributed by atoms with E-state index in [1.165, 1.54) is 22.3 Å². The van der Waals surface area contributed by atoms with Crippen LogP contribution in [-0.2, 0) is 0 Å². The Morgan fingerprint density at radius 2 is 0.814 bits per heavy atom. The fraction of sp³-hybridized carbons (Fsp3) is 0. The van der Waals surface area contributed by atoms with Crippen LogP contribution in [-0.4, -0.2) is 4.98 Å². The van der Waals surface area contributed by atoms with Gasteiger partial charge in [-0.25, -0.2) is 4.98 Å². The summed E-state index contributed by atoms with van der Waals surface area (Å²) in [6, 6.07) is 76.5. The van der Waals surface area contributed by atoms with Gasteiger partial charge in [0.05, 0.1) is 11.1 Å². The van der Waals surface area contributed by atoms with E-state index in [1.54, 1.807) is 0 Å². The van der Waals surface area contributed by atoms with Gasteiger partial charge in [0.25, 0.3) is 0 Å². The van der Waals surface area contributed by atoms with E-state index in [0.717, 1.165) is 77.9 Å². The summed E-state index contributed by atoms with van der Waals surface area (Å²) in [7, 11) is 0. The first-order valence-electron chi connectivity index (χ1n) is 19.9. The zero-order valence-corrected chi connectivity index (χ0v) is 32.0. The third-order valence-electron chi connectivity index (χ3n) is 11.2. The van der Waals surface area contributed by atoms with Gasteiger partial charge < -0.3 is 13.7 Å². The lowest BCUT2D eigenvalue weighted by molar-refractivity contribution is 0.619. The van der Waals surface area contributed by atoms with E-state index in [0.29, 0.717) is 5.89 Å². The van der Waals surface area contributed by atoms with E-state index in [9.17, 15) is 0 Å². The van der Waals surface area contributed by atoms with E-state index < -0.39 is 0 Å². The Bertz CT molecular complexity index is 3220. The highest BCUT2D eigenvalue weighted by Crippen LogP contribution is 2.44. The molecule has 59 heavy (non-hydrogen) atoms. The molecule has 9 aromatic carbocycles. The second kappa shape index (κ2) is 14.5. The summed E-state index contributed by atoms with van der Waals surface area (Å²) in [4.78, 5) is 7.32. The fourth-order valence-electron chi connectivity index (χ4n) is 8.24. The van der Waals surface area contributed by atoms with E-state index in [2.05, 4.69) is 181 Å². The van der Waals surface area contributed by atoms with Crippen LogP contribution in [0.5, 0.6) is 0 Å². The van der Waals surface area contributed by atoms with E-state index in [4.69, 9.17) is 13.8 Å². The van der Waals surface area contributed by atoms with Crippen molar-refractivity contribution in [2.45, 2.75) is 0 Å². The molecular weight excluding hydrogens is 721 g/mol. The van der Waals surface area contributed by atoms with Crippen LogP contribution >= 0.6 is 0 Å². The van der Waals surface area contributed by atoms with Gasteiger partial charge in [0.15, 0.2) is 5.58 Å². The van der Waals surface area contributed by atoms with E-state index in [-0.39, 0.29) is 0 Å². The molecule has 0 atom stereocenters. The zero-order valence-electron chi connectivity index (χ0n) is 32.0. The average molecular weight is 757 g/mol. The minimum atomic E-state index is 0.597. The highest BCUT2D eigenvalue weighted by molar-refractivity contribution is 6.19. The molecule has 0 aliphatic rings. The van der Waals surface area contributed by atoms with Crippen LogP contribution in [0.1, 0.15) is 0 Å². The lowest BCUT2D eigenvalue weighted by Crippen LogP contribution is -2.11. The lowest BCUT2D eigenvalue weighted by atomic mass is 9.97. The van der Waals surface area contributed by atoms with Crippen molar-refractivity contribution >= 4 is 50.1 Å². The topological polar surface area (TPSA) is 42.4 Å². The number of hydrogen-bond acceptors (Lipinski definition) is 4. The molecule has 0 aliphatic heterocycles. The number of anilines is 3. The number of rotatable bonds is 8. The van der Waals surface area contributed by atoms with Crippen molar-refractivity contribution in [1.29, 1.82) is 0 Å². The number of hydrogen-bond donors (Lipinski definition) is 0. The van der Waals surface area contributed by atoms with Gasteiger partial charge in [-0.15, -0.1) is 0 Å². The van der Waals surface area contributed by atoms with Gasteiger partial charge in [0.1, 0.15) is 16.7 Å². The Morgan fingerprint density at radius 1 is 0.339 bits per heavy atom. The first-order valence-corrected chi connectivity index (χ1v) is 19.9. The predicted octanol–water partition coefficient (Wildman–Crippen LogP) is 15.5. The second-order valence-electron chi connectivity index (χ2n) is 14.7. The van der Waals surface area contributed by atoms with Crippen molar-refractivity contribution in [2.24, 2.45) is 0 Å². The second-order valence-corrected chi connectivity index (χ2v) is 14.7. The quantitative estimate of drug-likeness (QED) is 0.155. The van der Waals surface area contributed by atoms with Crippen molar-refractivity contribution in [3.63, 3.8) is 0 Å². The summed E-state index contributed by atoms with van der Waals surface area (Å²) >= 11 is 0. The number of para-hydroxylation sites is 2. The Hall–Kier alpha value is -7.95. The maximum absolute atomic E-state index is 6.63. The van der Waals surface area contributed by atoms with Crippen LogP contribution in [0.2, 0.25) is 0 Å². The minimum Gasteiger partial charge on any atom is -0.455 e. The van der Waals surface area contributed by atoms with Gasteiger partial charge in [-0.1, -0.05) is 164 Å².